The van der Waals surface area contributed by atoms with Crippen LogP contribution in [0.4, 0.5) is 0 Å². The van der Waals surface area contributed by atoms with Gasteiger partial charge in [-0.2, -0.15) is 0 Å². The molecule has 0 spiro atoms. The lowest BCUT2D eigenvalue weighted by atomic mass is 9.77. The van der Waals surface area contributed by atoms with Crippen molar-refractivity contribution in [1.82, 2.24) is 0 Å². The summed E-state index contributed by atoms with van der Waals surface area (Å²) in [5, 5.41) is 9.25. The van der Waals surface area contributed by atoms with Gasteiger partial charge in [0, 0.05) is 0 Å². The molecule has 1 aliphatic carbocycles. The summed E-state index contributed by atoms with van der Waals surface area (Å²) >= 11 is 0. The lowest BCUT2D eigenvalue weighted by Crippen LogP contribution is -2.27. The minimum Gasteiger partial charge on any atom is -0.481 e. The third kappa shape index (κ3) is 3.51. The van der Waals surface area contributed by atoms with Crippen molar-refractivity contribution < 1.29 is 9.90 Å². The lowest BCUT2D eigenvalue weighted by molar-refractivity contribution is -0.144. The Hall–Kier alpha value is -0.530. The second kappa shape index (κ2) is 6.14. The summed E-state index contributed by atoms with van der Waals surface area (Å²) in [5.41, 5.74) is 0. The summed E-state index contributed by atoms with van der Waals surface area (Å²) in [7, 11) is 0. The van der Waals surface area contributed by atoms with Gasteiger partial charge in [-0.25, -0.2) is 0 Å². The number of rotatable bonds is 4. The summed E-state index contributed by atoms with van der Waals surface area (Å²) in [6, 6.07) is 0. The topological polar surface area (TPSA) is 37.3 Å². The van der Waals surface area contributed by atoms with E-state index in [4.69, 9.17) is 0 Å². The molecule has 3 atom stereocenters. The van der Waals surface area contributed by atoms with Gasteiger partial charge >= 0.3 is 5.97 Å². The predicted molar refractivity (Wildman–Crippen MR) is 61.8 cm³/mol. The van der Waals surface area contributed by atoms with Crippen molar-refractivity contribution in [3.8, 4) is 0 Å². The van der Waals surface area contributed by atoms with Gasteiger partial charge in [0.25, 0.3) is 0 Å². The first-order valence-electron chi connectivity index (χ1n) is 6.39. The number of carboxylic acids is 1. The van der Waals surface area contributed by atoms with Crippen LogP contribution in [0, 0.1) is 17.8 Å². The second-order valence-corrected chi connectivity index (χ2v) is 5.01. The molecule has 1 fully saturated rings. The normalized spacial score (nSPS) is 29.5. The van der Waals surface area contributed by atoms with Gasteiger partial charge in [0.2, 0.25) is 0 Å². The molecule has 0 aromatic rings. The zero-order valence-electron chi connectivity index (χ0n) is 10.0. The van der Waals surface area contributed by atoms with E-state index in [1.54, 1.807) is 0 Å². The number of carboxylic acid groups (broad SMARTS) is 1. The lowest BCUT2D eigenvalue weighted by Gasteiger charge is -2.27. The van der Waals surface area contributed by atoms with E-state index in [2.05, 4.69) is 13.8 Å². The van der Waals surface area contributed by atoms with E-state index in [1.807, 2.05) is 0 Å². The molecule has 1 saturated carbocycles. The molecular formula is C13H24O2. The highest BCUT2D eigenvalue weighted by molar-refractivity contribution is 5.70. The van der Waals surface area contributed by atoms with Crippen LogP contribution < -0.4 is 0 Å². The maximum Gasteiger partial charge on any atom is 0.306 e. The molecule has 1 aliphatic rings. The molecule has 15 heavy (non-hydrogen) atoms. The first-order valence-corrected chi connectivity index (χ1v) is 6.39. The molecule has 3 unspecified atom stereocenters. The van der Waals surface area contributed by atoms with E-state index < -0.39 is 5.97 Å². The Morgan fingerprint density at radius 2 is 2.00 bits per heavy atom. The highest BCUT2D eigenvalue weighted by Gasteiger charge is 2.32. The SMILES string of the molecule is CCCC(C)C1CCCCCC1C(=O)O. The first kappa shape index (κ1) is 12.5. The van der Waals surface area contributed by atoms with Gasteiger partial charge in [-0.05, 0) is 24.7 Å². The zero-order valence-corrected chi connectivity index (χ0v) is 10.0. The van der Waals surface area contributed by atoms with Crippen molar-refractivity contribution in [2.75, 3.05) is 0 Å². The Morgan fingerprint density at radius 3 is 2.60 bits per heavy atom. The average Bonchev–Trinajstić information content (AvgIpc) is 2.42. The van der Waals surface area contributed by atoms with Crippen molar-refractivity contribution in [2.45, 2.75) is 58.8 Å². The van der Waals surface area contributed by atoms with Crippen LogP contribution in [0.1, 0.15) is 58.8 Å². The van der Waals surface area contributed by atoms with Gasteiger partial charge < -0.3 is 5.11 Å². The molecule has 0 aromatic carbocycles. The van der Waals surface area contributed by atoms with Gasteiger partial charge in [0.05, 0.1) is 5.92 Å². The molecule has 0 saturated heterocycles. The van der Waals surface area contributed by atoms with Crippen molar-refractivity contribution in [1.29, 1.82) is 0 Å². The van der Waals surface area contributed by atoms with Crippen molar-refractivity contribution in [3.05, 3.63) is 0 Å². The third-order valence-electron chi connectivity index (χ3n) is 3.86. The van der Waals surface area contributed by atoms with E-state index in [0.717, 1.165) is 19.3 Å². The summed E-state index contributed by atoms with van der Waals surface area (Å²) in [5.74, 6) is 0.359. The van der Waals surface area contributed by atoms with Crippen molar-refractivity contribution in [2.24, 2.45) is 17.8 Å². The first-order chi connectivity index (χ1) is 7.16. The fourth-order valence-electron chi connectivity index (χ4n) is 2.99. The Morgan fingerprint density at radius 1 is 1.33 bits per heavy atom. The fourth-order valence-corrected chi connectivity index (χ4v) is 2.99. The van der Waals surface area contributed by atoms with E-state index in [1.165, 1.54) is 25.7 Å². The Bertz CT molecular complexity index is 201. The summed E-state index contributed by atoms with van der Waals surface area (Å²) in [6.07, 6.45) is 7.92. The quantitative estimate of drug-likeness (QED) is 0.721. The second-order valence-electron chi connectivity index (χ2n) is 5.01. The molecular weight excluding hydrogens is 188 g/mol. The predicted octanol–water partition coefficient (Wildman–Crippen LogP) is 3.70. The van der Waals surface area contributed by atoms with Crippen LogP contribution in [-0.4, -0.2) is 11.1 Å². The van der Waals surface area contributed by atoms with E-state index in [0.29, 0.717) is 11.8 Å². The number of aliphatic carboxylic acids is 1. The molecule has 0 aliphatic heterocycles. The zero-order chi connectivity index (χ0) is 11.3. The van der Waals surface area contributed by atoms with Crippen molar-refractivity contribution in [3.63, 3.8) is 0 Å². The van der Waals surface area contributed by atoms with Crippen LogP contribution in [0.5, 0.6) is 0 Å². The van der Waals surface area contributed by atoms with E-state index in [-0.39, 0.29) is 5.92 Å². The smallest absolute Gasteiger partial charge is 0.306 e. The van der Waals surface area contributed by atoms with Gasteiger partial charge in [0.15, 0.2) is 0 Å². The highest BCUT2D eigenvalue weighted by atomic mass is 16.4. The molecule has 2 heteroatoms. The number of carbonyl (C=O) groups is 1. The number of hydrogen-bond acceptors (Lipinski definition) is 1. The minimum absolute atomic E-state index is 0.0750. The molecule has 0 bridgehead atoms. The van der Waals surface area contributed by atoms with Gasteiger partial charge in [0.1, 0.15) is 0 Å². The maximum atomic E-state index is 11.2. The molecule has 88 valence electrons. The molecule has 1 rings (SSSR count). The van der Waals surface area contributed by atoms with Crippen LogP contribution in [0.2, 0.25) is 0 Å². The van der Waals surface area contributed by atoms with E-state index in [9.17, 15) is 9.90 Å². The standard InChI is InChI=1S/C13H24O2/c1-3-7-10(2)11-8-5-4-6-9-12(11)13(14)15/h10-12H,3-9H2,1-2H3,(H,14,15). The Kier molecular flexibility index (Phi) is 5.13. The fraction of sp³-hybridized carbons (Fsp3) is 0.923. The van der Waals surface area contributed by atoms with Gasteiger partial charge in [-0.3, -0.25) is 4.79 Å². The minimum atomic E-state index is -0.565. The van der Waals surface area contributed by atoms with Crippen LogP contribution in [-0.2, 0) is 4.79 Å². The molecule has 0 aromatic heterocycles. The Balaban J connectivity index is 2.65. The average molecular weight is 212 g/mol. The van der Waals surface area contributed by atoms with Crippen molar-refractivity contribution >= 4 is 5.97 Å². The molecule has 0 radical (unpaired) electrons. The van der Waals surface area contributed by atoms with Crippen LogP contribution in [0.15, 0.2) is 0 Å². The maximum absolute atomic E-state index is 11.2. The summed E-state index contributed by atoms with van der Waals surface area (Å²) in [4.78, 5) is 11.2. The van der Waals surface area contributed by atoms with E-state index >= 15 is 0 Å². The highest BCUT2D eigenvalue weighted by Crippen LogP contribution is 2.35. The monoisotopic (exact) mass is 212 g/mol. The molecule has 1 N–H and O–H groups in total. The molecule has 2 nitrogen and oxygen atoms in total. The number of hydrogen-bond donors (Lipinski definition) is 1. The Labute approximate surface area is 93.1 Å². The van der Waals surface area contributed by atoms with Crippen LogP contribution >= 0.6 is 0 Å². The summed E-state index contributed by atoms with van der Waals surface area (Å²) < 4.78 is 0. The summed E-state index contributed by atoms with van der Waals surface area (Å²) in [6.45, 7) is 4.42. The molecule has 0 amide bonds. The van der Waals surface area contributed by atoms with Gasteiger partial charge in [-0.15, -0.1) is 0 Å². The van der Waals surface area contributed by atoms with Crippen LogP contribution in [0.25, 0.3) is 0 Å². The molecule has 0 heterocycles. The largest absolute Gasteiger partial charge is 0.481 e. The van der Waals surface area contributed by atoms with Gasteiger partial charge in [-0.1, -0.05) is 46.0 Å². The van der Waals surface area contributed by atoms with Crippen LogP contribution in [0.3, 0.4) is 0 Å². The third-order valence-corrected chi connectivity index (χ3v) is 3.86.